The molecule has 0 saturated carbocycles. The van der Waals surface area contributed by atoms with Crippen LogP contribution >= 0.6 is 0 Å². The molecule has 0 amide bonds. The maximum Gasteiger partial charge on any atom is 0.406 e. The molecule has 1 aromatic carbocycles. The summed E-state index contributed by atoms with van der Waals surface area (Å²) >= 11 is 0. The highest BCUT2D eigenvalue weighted by Gasteiger charge is 2.30. The molecule has 20 heavy (non-hydrogen) atoms. The number of aryl methyl sites for hydroxylation is 1. The summed E-state index contributed by atoms with van der Waals surface area (Å²) in [5.74, 6) is 0. The maximum atomic E-state index is 12.4. The van der Waals surface area contributed by atoms with E-state index in [9.17, 15) is 23.3 Å². The van der Waals surface area contributed by atoms with Gasteiger partial charge >= 0.3 is 6.18 Å². The van der Waals surface area contributed by atoms with Crippen molar-refractivity contribution in [2.75, 3.05) is 0 Å². The van der Waals surface area contributed by atoms with Gasteiger partial charge < -0.3 is 4.57 Å². The van der Waals surface area contributed by atoms with Gasteiger partial charge in [-0.15, -0.1) is 0 Å². The summed E-state index contributed by atoms with van der Waals surface area (Å²) in [6.07, 6.45) is -4.36. The number of alkyl halides is 3. The molecule has 0 spiro atoms. The van der Waals surface area contributed by atoms with Gasteiger partial charge in [0.15, 0.2) is 0 Å². The highest BCUT2D eigenvalue weighted by atomic mass is 19.4. The van der Waals surface area contributed by atoms with Crippen LogP contribution in [-0.4, -0.2) is 15.7 Å². The third-order valence-corrected chi connectivity index (χ3v) is 2.66. The average molecular weight is 288 g/mol. The quantitative estimate of drug-likeness (QED) is 0.605. The zero-order valence-corrected chi connectivity index (χ0v) is 11.4. The van der Waals surface area contributed by atoms with Crippen LogP contribution in [0.15, 0.2) is 24.3 Å². The number of non-ortho nitro benzene ring substituents is 1. The standard InChI is InChI=1S/C11H9F3N2O2.C2H6/c1-7-5-8-9(15(7)6-11(12,13)14)3-2-4-10(8)16(17)18;1-2/h2-5H,6H2,1H3;1-2H3. The number of nitro groups is 1. The van der Waals surface area contributed by atoms with Gasteiger partial charge in [-0.25, -0.2) is 0 Å². The van der Waals surface area contributed by atoms with Crippen molar-refractivity contribution in [2.24, 2.45) is 0 Å². The van der Waals surface area contributed by atoms with Crippen molar-refractivity contribution in [1.29, 1.82) is 0 Å². The number of halogens is 3. The fraction of sp³-hybridized carbons (Fsp3) is 0.385. The van der Waals surface area contributed by atoms with Gasteiger partial charge in [0.1, 0.15) is 6.54 Å². The van der Waals surface area contributed by atoms with E-state index in [1.807, 2.05) is 13.8 Å². The molecular formula is C13H15F3N2O2. The van der Waals surface area contributed by atoms with E-state index in [0.29, 0.717) is 5.69 Å². The number of aromatic nitrogens is 1. The Bertz CT molecular complexity index is 618. The van der Waals surface area contributed by atoms with Crippen LogP contribution in [0.1, 0.15) is 19.5 Å². The third kappa shape index (κ3) is 3.28. The van der Waals surface area contributed by atoms with Gasteiger partial charge in [0.25, 0.3) is 5.69 Å². The number of rotatable bonds is 2. The molecule has 0 unspecified atom stereocenters. The first-order valence-corrected chi connectivity index (χ1v) is 6.09. The van der Waals surface area contributed by atoms with Crippen LogP contribution in [0, 0.1) is 17.0 Å². The van der Waals surface area contributed by atoms with Crippen molar-refractivity contribution in [3.8, 4) is 0 Å². The number of hydrogen-bond donors (Lipinski definition) is 0. The lowest BCUT2D eigenvalue weighted by Crippen LogP contribution is -2.18. The van der Waals surface area contributed by atoms with E-state index in [1.165, 1.54) is 31.2 Å². The second kappa shape index (κ2) is 5.94. The van der Waals surface area contributed by atoms with E-state index in [2.05, 4.69) is 0 Å². The Kier molecular flexibility index (Phi) is 4.75. The van der Waals surface area contributed by atoms with Crippen LogP contribution in [0.5, 0.6) is 0 Å². The first-order valence-electron chi connectivity index (χ1n) is 6.09. The molecule has 1 heterocycles. The molecule has 0 bridgehead atoms. The second-order valence-corrected chi connectivity index (χ2v) is 3.95. The molecule has 2 aromatic rings. The van der Waals surface area contributed by atoms with Gasteiger partial charge in [0.05, 0.1) is 15.8 Å². The number of fused-ring (bicyclic) bond motifs is 1. The fourth-order valence-electron chi connectivity index (χ4n) is 1.95. The molecule has 2 rings (SSSR count). The zero-order valence-electron chi connectivity index (χ0n) is 11.4. The maximum absolute atomic E-state index is 12.4. The molecule has 0 saturated heterocycles. The lowest BCUT2D eigenvalue weighted by atomic mass is 10.2. The van der Waals surface area contributed by atoms with Crippen LogP contribution in [-0.2, 0) is 6.54 Å². The van der Waals surface area contributed by atoms with Gasteiger partial charge in [-0.05, 0) is 19.1 Å². The largest absolute Gasteiger partial charge is 0.406 e. The van der Waals surface area contributed by atoms with Gasteiger partial charge in [-0.1, -0.05) is 19.9 Å². The Labute approximate surface area is 114 Å². The lowest BCUT2D eigenvalue weighted by Gasteiger charge is -2.11. The molecule has 0 aliphatic rings. The van der Waals surface area contributed by atoms with Crippen LogP contribution in [0.25, 0.3) is 10.9 Å². The minimum atomic E-state index is -4.36. The molecule has 7 heteroatoms. The topological polar surface area (TPSA) is 48.1 Å². The monoisotopic (exact) mass is 288 g/mol. The molecule has 110 valence electrons. The number of benzene rings is 1. The summed E-state index contributed by atoms with van der Waals surface area (Å²) in [5, 5.41) is 11.0. The summed E-state index contributed by atoms with van der Waals surface area (Å²) in [6, 6.07) is 5.51. The third-order valence-electron chi connectivity index (χ3n) is 2.66. The van der Waals surface area contributed by atoms with Crippen molar-refractivity contribution in [2.45, 2.75) is 33.5 Å². The molecular weight excluding hydrogens is 273 g/mol. The predicted octanol–water partition coefficient (Wildman–Crippen LogP) is 4.45. The van der Waals surface area contributed by atoms with E-state index >= 15 is 0 Å². The van der Waals surface area contributed by atoms with E-state index in [1.54, 1.807) is 0 Å². The minimum absolute atomic E-state index is 0.184. The Hall–Kier alpha value is -2.05. The summed E-state index contributed by atoms with van der Waals surface area (Å²) in [6.45, 7) is 4.35. The number of nitro benzene ring substituents is 1. The summed E-state index contributed by atoms with van der Waals surface area (Å²) in [4.78, 5) is 10.2. The van der Waals surface area contributed by atoms with E-state index in [-0.39, 0.29) is 16.6 Å². The van der Waals surface area contributed by atoms with E-state index in [0.717, 1.165) is 4.57 Å². The van der Waals surface area contributed by atoms with Gasteiger partial charge in [-0.3, -0.25) is 10.1 Å². The molecule has 0 atom stereocenters. The highest BCUT2D eigenvalue weighted by molar-refractivity contribution is 5.90. The normalized spacial score (nSPS) is 11.1. The van der Waals surface area contributed by atoms with Gasteiger partial charge in [-0.2, -0.15) is 13.2 Å². The van der Waals surface area contributed by atoms with Gasteiger partial charge in [0.2, 0.25) is 0 Å². The van der Waals surface area contributed by atoms with Gasteiger partial charge in [0, 0.05) is 11.8 Å². The van der Waals surface area contributed by atoms with Crippen molar-refractivity contribution in [3.05, 3.63) is 40.1 Å². The van der Waals surface area contributed by atoms with Crippen LogP contribution in [0.4, 0.5) is 18.9 Å². The van der Waals surface area contributed by atoms with Crippen LogP contribution < -0.4 is 0 Å². The SMILES string of the molecule is CC.Cc1cc2c([N+](=O)[O-])cccc2n1CC(F)(F)F. The Morgan fingerprint density at radius 2 is 1.90 bits per heavy atom. The molecule has 1 aromatic heterocycles. The van der Waals surface area contributed by atoms with E-state index < -0.39 is 17.6 Å². The lowest BCUT2D eigenvalue weighted by molar-refractivity contribution is -0.383. The molecule has 4 nitrogen and oxygen atoms in total. The smallest absolute Gasteiger partial charge is 0.336 e. The van der Waals surface area contributed by atoms with Crippen molar-refractivity contribution < 1.29 is 18.1 Å². The van der Waals surface area contributed by atoms with Crippen molar-refractivity contribution in [1.82, 2.24) is 4.57 Å². The highest BCUT2D eigenvalue weighted by Crippen LogP contribution is 2.30. The predicted molar refractivity (Wildman–Crippen MR) is 70.7 cm³/mol. The first kappa shape index (κ1) is 16.0. The number of hydrogen-bond acceptors (Lipinski definition) is 2. The molecule has 0 fully saturated rings. The second-order valence-electron chi connectivity index (χ2n) is 3.95. The average Bonchev–Trinajstić information content (AvgIpc) is 2.66. The van der Waals surface area contributed by atoms with Crippen molar-refractivity contribution >= 4 is 16.6 Å². The zero-order chi connectivity index (χ0) is 15.5. The fourth-order valence-corrected chi connectivity index (χ4v) is 1.95. The van der Waals surface area contributed by atoms with E-state index in [4.69, 9.17) is 0 Å². The Balaban J connectivity index is 0.000000956. The summed E-state index contributed by atoms with van der Waals surface area (Å²) < 4.78 is 38.3. The summed E-state index contributed by atoms with van der Waals surface area (Å²) in [5.41, 5.74) is 0.382. The molecule has 0 N–H and O–H groups in total. The first-order chi connectivity index (χ1) is 9.29. The Morgan fingerprint density at radius 1 is 1.30 bits per heavy atom. The molecule has 0 radical (unpaired) electrons. The van der Waals surface area contributed by atoms with Crippen molar-refractivity contribution in [3.63, 3.8) is 0 Å². The molecule has 0 aliphatic heterocycles. The number of nitrogens with zero attached hydrogens (tertiary/aromatic N) is 2. The summed E-state index contributed by atoms with van der Waals surface area (Å²) in [7, 11) is 0. The van der Waals surface area contributed by atoms with Crippen LogP contribution in [0.2, 0.25) is 0 Å². The Morgan fingerprint density at radius 3 is 2.40 bits per heavy atom. The van der Waals surface area contributed by atoms with Crippen LogP contribution in [0.3, 0.4) is 0 Å². The minimum Gasteiger partial charge on any atom is -0.336 e. The molecule has 0 aliphatic carbocycles.